The number of halogens is 2. The van der Waals surface area contributed by atoms with Gasteiger partial charge in [-0.25, -0.2) is 14.6 Å². The van der Waals surface area contributed by atoms with Gasteiger partial charge in [-0.1, -0.05) is 11.6 Å². The minimum absolute atomic E-state index is 0.230. The second-order valence-corrected chi connectivity index (χ2v) is 3.33. The maximum Gasteiger partial charge on any atom is 0.427 e. The number of nitrogens with one attached hydrogen (secondary N) is 1. The van der Waals surface area contributed by atoms with E-state index >= 15 is 0 Å². The van der Waals surface area contributed by atoms with E-state index in [0.29, 0.717) is 11.3 Å². The molecule has 0 radical (unpaired) electrons. The first-order valence-corrected chi connectivity index (χ1v) is 4.76. The third-order valence-electron chi connectivity index (χ3n) is 1.82. The Labute approximate surface area is 97.1 Å². The van der Waals surface area contributed by atoms with Gasteiger partial charge in [0.25, 0.3) is 0 Å². The molecule has 0 saturated heterocycles. The second-order valence-electron chi connectivity index (χ2n) is 2.92. The van der Waals surface area contributed by atoms with Crippen molar-refractivity contribution in [3.05, 3.63) is 34.6 Å². The van der Waals surface area contributed by atoms with Crippen molar-refractivity contribution in [3.8, 4) is 0 Å². The van der Waals surface area contributed by atoms with Gasteiger partial charge in [-0.15, -0.1) is 0 Å². The zero-order chi connectivity index (χ0) is 12.1. The van der Waals surface area contributed by atoms with Crippen molar-refractivity contribution in [3.63, 3.8) is 0 Å². The molecule has 1 aromatic carbocycles. The largest absolute Gasteiger partial charge is 0.452 e. The van der Waals surface area contributed by atoms with Crippen LogP contribution in [0.3, 0.4) is 0 Å². The average molecular weight is 245 g/mol. The highest BCUT2D eigenvalue weighted by molar-refractivity contribution is 6.34. The Kier molecular flexibility index (Phi) is 4.25. The third kappa shape index (κ3) is 3.20. The van der Waals surface area contributed by atoms with Gasteiger partial charge < -0.3 is 4.74 Å². The number of methoxy groups -OCH3 is 1. The first-order chi connectivity index (χ1) is 7.54. The van der Waals surface area contributed by atoms with Crippen molar-refractivity contribution >= 4 is 23.4 Å². The molecule has 1 N–H and O–H groups in total. The summed E-state index contributed by atoms with van der Waals surface area (Å²) in [4.78, 5) is 10.8. The van der Waals surface area contributed by atoms with Crippen molar-refractivity contribution in [1.29, 1.82) is 0 Å². The molecule has 0 spiro atoms. The number of ether oxygens (including phenoxy) is 1. The highest BCUT2D eigenvalue weighted by Gasteiger charge is 2.05. The van der Waals surface area contributed by atoms with Crippen LogP contribution in [-0.4, -0.2) is 18.9 Å². The fourth-order valence-electron chi connectivity index (χ4n) is 1.02. The van der Waals surface area contributed by atoms with Crippen molar-refractivity contribution in [2.24, 2.45) is 5.10 Å². The number of amides is 1. The number of benzene rings is 1. The van der Waals surface area contributed by atoms with Gasteiger partial charge in [-0.3, -0.25) is 0 Å². The number of nitrogens with zero attached hydrogens (tertiary/aromatic N) is 1. The molecule has 0 aliphatic rings. The van der Waals surface area contributed by atoms with E-state index < -0.39 is 11.9 Å². The van der Waals surface area contributed by atoms with E-state index in [1.54, 1.807) is 6.92 Å². The fraction of sp³-hybridized carbons (Fsp3) is 0.200. The van der Waals surface area contributed by atoms with E-state index in [2.05, 4.69) is 15.3 Å². The monoisotopic (exact) mass is 244 g/mol. The molecule has 0 aliphatic heterocycles. The summed E-state index contributed by atoms with van der Waals surface area (Å²) in [5.74, 6) is -0.428. The van der Waals surface area contributed by atoms with Gasteiger partial charge in [0.1, 0.15) is 5.82 Å². The summed E-state index contributed by atoms with van der Waals surface area (Å²) in [5.41, 5.74) is 3.14. The molecule has 0 bridgehead atoms. The fourth-order valence-corrected chi connectivity index (χ4v) is 1.32. The van der Waals surface area contributed by atoms with Crippen LogP contribution in [0.1, 0.15) is 12.5 Å². The zero-order valence-electron chi connectivity index (χ0n) is 8.75. The van der Waals surface area contributed by atoms with E-state index in [9.17, 15) is 9.18 Å². The minimum atomic E-state index is -0.683. The van der Waals surface area contributed by atoms with Gasteiger partial charge >= 0.3 is 6.09 Å². The maximum absolute atomic E-state index is 12.8. The summed E-state index contributed by atoms with van der Waals surface area (Å²) in [7, 11) is 1.23. The first-order valence-electron chi connectivity index (χ1n) is 4.38. The van der Waals surface area contributed by atoms with Crippen LogP contribution in [0.15, 0.2) is 23.3 Å². The van der Waals surface area contributed by atoms with Crippen LogP contribution in [0.4, 0.5) is 9.18 Å². The predicted octanol–water partition coefficient (Wildman–Crippen LogP) is 2.56. The van der Waals surface area contributed by atoms with Gasteiger partial charge in [0, 0.05) is 5.56 Å². The SMILES string of the molecule is COC(=O)N/N=C(/C)c1ccc(F)cc1Cl. The molecule has 4 nitrogen and oxygen atoms in total. The van der Waals surface area contributed by atoms with Crippen molar-refractivity contribution in [2.45, 2.75) is 6.92 Å². The van der Waals surface area contributed by atoms with Crippen LogP contribution < -0.4 is 5.43 Å². The number of rotatable bonds is 2. The quantitative estimate of drug-likeness (QED) is 0.642. The number of hydrazone groups is 1. The standard InChI is InChI=1S/C10H10ClFN2O2/c1-6(13-14-10(15)16-2)8-4-3-7(12)5-9(8)11/h3-5H,1-2H3,(H,14,15)/b13-6-. The molecule has 0 aromatic heterocycles. The molecule has 0 aliphatic carbocycles. The molecule has 0 fully saturated rings. The molecule has 0 saturated carbocycles. The van der Waals surface area contributed by atoms with Crippen molar-refractivity contribution < 1.29 is 13.9 Å². The van der Waals surface area contributed by atoms with E-state index in [-0.39, 0.29) is 5.02 Å². The Hall–Kier alpha value is -1.62. The average Bonchev–Trinajstić information content (AvgIpc) is 2.25. The number of carbonyl (C=O) groups excluding carboxylic acids is 1. The lowest BCUT2D eigenvalue weighted by molar-refractivity contribution is 0.171. The number of hydrogen-bond acceptors (Lipinski definition) is 3. The smallest absolute Gasteiger partial charge is 0.427 e. The topological polar surface area (TPSA) is 50.7 Å². The summed E-state index contributed by atoms with van der Waals surface area (Å²) in [6.07, 6.45) is -0.683. The molecule has 1 aromatic rings. The van der Waals surface area contributed by atoms with Gasteiger partial charge in [-0.05, 0) is 25.1 Å². The lowest BCUT2D eigenvalue weighted by Crippen LogP contribution is -2.18. The van der Waals surface area contributed by atoms with E-state index in [4.69, 9.17) is 11.6 Å². The van der Waals surface area contributed by atoms with Gasteiger partial charge in [0.15, 0.2) is 0 Å². The maximum atomic E-state index is 12.8. The molecule has 1 amide bonds. The lowest BCUT2D eigenvalue weighted by Gasteiger charge is -2.04. The molecule has 0 unspecified atom stereocenters. The van der Waals surface area contributed by atoms with Gasteiger partial charge in [0.05, 0.1) is 17.8 Å². The Morgan fingerprint density at radius 3 is 2.81 bits per heavy atom. The minimum Gasteiger partial charge on any atom is -0.452 e. The Morgan fingerprint density at radius 1 is 1.56 bits per heavy atom. The number of carbonyl (C=O) groups is 1. The highest BCUT2D eigenvalue weighted by atomic mass is 35.5. The summed E-state index contributed by atoms with van der Waals surface area (Å²) < 4.78 is 17.1. The molecule has 86 valence electrons. The van der Waals surface area contributed by atoms with Crippen LogP contribution in [0.2, 0.25) is 5.02 Å². The van der Waals surface area contributed by atoms with Gasteiger partial charge in [-0.2, -0.15) is 5.10 Å². The Balaban J connectivity index is 2.87. The molecular weight excluding hydrogens is 235 g/mol. The van der Waals surface area contributed by atoms with Crippen LogP contribution in [0.25, 0.3) is 0 Å². The van der Waals surface area contributed by atoms with E-state index in [1.165, 1.54) is 25.3 Å². The molecule has 6 heteroatoms. The van der Waals surface area contributed by atoms with Crippen LogP contribution in [-0.2, 0) is 4.74 Å². The van der Waals surface area contributed by atoms with Gasteiger partial charge in [0.2, 0.25) is 0 Å². The summed E-state index contributed by atoms with van der Waals surface area (Å²) in [6.45, 7) is 1.63. The Morgan fingerprint density at radius 2 is 2.25 bits per heavy atom. The summed E-state index contributed by atoms with van der Waals surface area (Å²) >= 11 is 5.81. The first kappa shape index (κ1) is 12.4. The summed E-state index contributed by atoms with van der Waals surface area (Å²) in [5, 5.41) is 3.97. The van der Waals surface area contributed by atoms with Crippen LogP contribution >= 0.6 is 11.6 Å². The normalized spacial score (nSPS) is 11.1. The molecule has 0 heterocycles. The molecule has 0 atom stereocenters. The van der Waals surface area contributed by atoms with Crippen LogP contribution in [0, 0.1) is 5.82 Å². The van der Waals surface area contributed by atoms with E-state index in [1.807, 2.05) is 0 Å². The Bertz CT molecular complexity index is 435. The second kappa shape index (κ2) is 5.46. The lowest BCUT2D eigenvalue weighted by atomic mass is 10.1. The summed E-state index contributed by atoms with van der Waals surface area (Å²) in [6, 6.07) is 3.92. The molecule has 16 heavy (non-hydrogen) atoms. The van der Waals surface area contributed by atoms with Crippen molar-refractivity contribution in [2.75, 3.05) is 7.11 Å². The number of hydrogen-bond donors (Lipinski definition) is 1. The highest BCUT2D eigenvalue weighted by Crippen LogP contribution is 2.17. The molecular formula is C10H10ClFN2O2. The third-order valence-corrected chi connectivity index (χ3v) is 2.13. The molecule has 1 rings (SSSR count). The van der Waals surface area contributed by atoms with E-state index in [0.717, 1.165) is 0 Å². The van der Waals surface area contributed by atoms with Crippen molar-refractivity contribution in [1.82, 2.24) is 5.43 Å². The zero-order valence-corrected chi connectivity index (χ0v) is 9.51. The van der Waals surface area contributed by atoms with Crippen LogP contribution in [0.5, 0.6) is 0 Å². The predicted molar refractivity (Wildman–Crippen MR) is 59.2 cm³/mol.